The molecule has 1 N–H and O–H groups in total. The number of aromatic nitrogens is 4. The summed E-state index contributed by atoms with van der Waals surface area (Å²) in [5.41, 5.74) is 1.49. The van der Waals surface area contributed by atoms with Crippen molar-refractivity contribution in [2.24, 2.45) is 5.92 Å². The Morgan fingerprint density at radius 1 is 1.24 bits per heavy atom. The van der Waals surface area contributed by atoms with Crippen molar-refractivity contribution in [1.29, 1.82) is 0 Å². The number of rotatable bonds is 5. The maximum absolute atomic E-state index is 12.8. The van der Waals surface area contributed by atoms with E-state index in [2.05, 4.69) is 34.3 Å². The van der Waals surface area contributed by atoms with Gasteiger partial charge >= 0.3 is 0 Å². The van der Waals surface area contributed by atoms with Crippen molar-refractivity contribution in [2.75, 3.05) is 30.4 Å². The number of hydrogen-bond donors (Lipinski definition) is 1. The molecule has 0 unspecified atom stereocenters. The molecule has 0 bridgehead atoms. The summed E-state index contributed by atoms with van der Waals surface area (Å²) in [6.45, 7) is 5.66. The zero-order chi connectivity index (χ0) is 20.4. The van der Waals surface area contributed by atoms with Gasteiger partial charge in [0.05, 0.1) is 13.0 Å². The number of nitrogens with one attached hydrogen (secondary N) is 1. The van der Waals surface area contributed by atoms with Gasteiger partial charge in [-0.15, -0.1) is 15.3 Å². The number of nitrogens with zero attached hydrogens (tertiary/aromatic N) is 5. The molecule has 0 saturated carbocycles. The van der Waals surface area contributed by atoms with Gasteiger partial charge < -0.3 is 15.0 Å². The van der Waals surface area contributed by atoms with Crippen molar-refractivity contribution >= 4 is 23.1 Å². The fraction of sp³-hybridized carbons (Fsp3) is 0.429. The number of hydrogen-bond acceptors (Lipinski definition) is 6. The first kappa shape index (κ1) is 19.2. The highest BCUT2D eigenvalue weighted by atomic mass is 16.5. The molecule has 8 nitrogen and oxygen atoms in total. The van der Waals surface area contributed by atoms with E-state index in [1.165, 1.54) is 0 Å². The molecule has 152 valence electrons. The lowest BCUT2D eigenvalue weighted by Gasteiger charge is -2.32. The van der Waals surface area contributed by atoms with Crippen molar-refractivity contribution in [1.82, 2.24) is 19.8 Å². The highest BCUT2D eigenvalue weighted by molar-refractivity contribution is 5.93. The molecule has 0 radical (unpaired) electrons. The minimum absolute atomic E-state index is 0.0243. The van der Waals surface area contributed by atoms with Crippen LogP contribution in [-0.2, 0) is 4.79 Å². The van der Waals surface area contributed by atoms with Crippen LogP contribution in [0.2, 0.25) is 0 Å². The Kier molecular flexibility index (Phi) is 5.33. The number of amides is 1. The van der Waals surface area contributed by atoms with Crippen molar-refractivity contribution in [3.8, 4) is 5.75 Å². The predicted octanol–water partition coefficient (Wildman–Crippen LogP) is 3.11. The molecule has 1 aliphatic rings. The lowest BCUT2D eigenvalue weighted by atomic mass is 9.97. The smallest absolute Gasteiger partial charge is 0.229 e. The van der Waals surface area contributed by atoms with Crippen molar-refractivity contribution < 1.29 is 9.53 Å². The van der Waals surface area contributed by atoms with E-state index in [-0.39, 0.29) is 17.7 Å². The second kappa shape index (κ2) is 8.06. The van der Waals surface area contributed by atoms with Gasteiger partial charge in [0.1, 0.15) is 11.6 Å². The first-order valence-electron chi connectivity index (χ1n) is 9.97. The molecule has 1 atom stereocenters. The van der Waals surface area contributed by atoms with Crippen LogP contribution >= 0.6 is 0 Å². The topological polar surface area (TPSA) is 84.6 Å². The molecule has 1 aromatic carbocycles. The third-order valence-electron chi connectivity index (χ3n) is 5.24. The van der Waals surface area contributed by atoms with E-state index in [1.807, 2.05) is 36.4 Å². The summed E-state index contributed by atoms with van der Waals surface area (Å²) in [6.07, 6.45) is 1.80. The van der Waals surface area contributed by atoms with Crippen LogP contribution in [0, 0.1) is 5.92 Å². The molecule has 2 aromatic heterocycles. The molecule has 1 aliphatic heterocycles. The van der Waals surface area contributed by atoms with E-state index in [1.54, 1.807) is 11.6 Å². The van der Waals surface area contributed by atoms with Crippen LogP contribution in [0.4, 0.5) is 11.5 Å². The quantitative estimate of drug-likeness (QED) is 0.716. The average Bonchev–Trinajstić information content (AvgIpc) is 3.17. The average molecular weight is 394 g/mol. The first-order valence-corrected chi connectivity index (χ1v) is 9.97. The van der Waals surface area contributed by atoms with Gasteiger partial charge in [-0.05, 0) is 37.1 Å². The maximum atomic E-state index is 12.8. The molecule has 8 heteroatoms. The summed E-state index contributed by atoms with van der Waals surface area (Å²) in [7, 11) is 1.62. The number of carbonyl (C=O) groups excluding carboxylic acids is 1. The molecular formula is C21H26N6O2. The Bertz CT molecular complexity index is 1020. The zero-order valence-electron chi connectivity index (χ0n) is 17.0. The SMILES string of the molecule is COc1cccc(NC(=O)[C@H]2CCCN(c3ccc4nnc(C(C)C)n4n3)C2)c1. The largest absolute Gasteiger partial charge is 0.497 e. The minimum atomic E-state index is -0.0991. The Morgan fingerprint density at radius 2 is 2.10 bits per heavy atom. The van der Waals surface area contributed by atoms with Gasteiger partial charge in [0.15, 0.2) is 11.5 Å². The molecule has 3 heterocycles. The molecule has 1 amide bonds. The summed E-state index contributed by atoms with van der Waals surface area (Å²) in [6, 6.07) is 11.3. The number of fused-ring (bicyclic) bond motifs is 1. The van der Waals surface area contributed by atoms with E-state index in [4.69, 9.17) is 9.84 Å². The molecule has 0 spiro atoms. The monoisotopic (exact) mass is 394 g/mol. The van der Waals surface area contributed by atoms with Crippen molar-refractivity contribution in [2.45, 2.75) is 32.6 Å². The Morgan fingerprint density at radius 3 is 2.90 bits per heavy atom. The Labute approximate surface area is 169 Å². The van der Waals surface area contributed by atoms with E-state index in [0.717, 1.165) is 48.1 Å². The van der Waals surface area contributed by atoms with Crippen LogP contribution < -0.4 is 15.0 Å². The fourth-order valence-corrected chi connectivity index (χ4v) is 3.67. The second-order valence-electron chi connectivity index (χ2n) is 7.68. The van der Waals surface area contributed by atoms with Crippen LogP contribution in [0.15, 0.2) is 36.4 Å². The zero-order valence-corrected chi connectivity index (χ0v) is 17.0. The normalized spacial score (nSPS) is 17.0. The lowest BCUT2D eigenvalue weighted by molar-refractivity contribution is -0.120. The number of methoxy groups -OCH3 is 1. The molecule has 1 fully saturated rings. The number of carbonyl (C=O) groups is 1. The summed E-state index contributed by atoms with van der Waals surface area (Å²) in [5, 5.41) is 16.2. The lowest BCUT2D eigenvalue weighted by Crippen LogP contribution is -2.41. The summed E-state index contributed by atoms with van der Waals surface area (Å²) >= 11 is 0. The summed E-state index contributed by atoms with van der Waals surface area (Å²) < 4.78 is 7.04. The van der Waals surface area contributed by atoms with E-state index in [0.29, 0.717) is 6.54 Å². The van der Waals surface area contributed by atoms with Gasteiger partial charge in [-0.3, -0.25) is 4.79 Å². The predicted molar refractivity (Wildman–Crippen MR) is 111 cm³/mol. The highest BCUT2D eigenvalue weighted by Gasteiger charge is 2.27. The highest BCUT2D eigenvalue weighted by Crippen LogP contribution is 2.25. The molecule has 0 aliphatic carbocycles. The standard InChI is InChI=1S/C21H26N6O2/c1-14(2)20-24-23-18-9-10-19(25-27(18)20)26-11-5-6-15(13-26)21(28)22-16-7-4-8-17(12-16)29-3/h4,7-10,12,14-15H,5-6,11,13H2,1-3H3,(H,22,28)/t15-/m0/s1. The Hall–Kier alpha value is -3.16. The minimum Gasteiger partial charge on any atom is -0.497 e. The van der Waals surface area contributed by atoms with Crippen LogP contribution in [0.3, 0.4) is 0 Å². The summed E-state index contributed by atoms with van der Waals surface area (Å²) in [5.74, 6) is 2.56. The molecule has 1 saturated heterocycles. The van der Waals surface area contributed by atoms with Crippen molar-refractivity contribution in [3.63, 3.8) is 0 Å². The van der Waals surface area contributed by atoms with E-state index < -0.39 is 0 Å². The van der Waals surface area contributed by atoms with Gasteiger partial charge in [-0.2, -0.15) is 4.52 Å². The third kappa shape index (κ3) is 4.01. The molecular weight excluding hydrogens is 368 g/mol. The first-order chi connectivity index (χ1) is 14.0. The van der Waals surface area contributed by atoms with Crippen LogP contribution in [0.1, 0.15) is 38.4 Å². The number of ether oxygens (including phenoxy) is 1. The van der Waals surface area contributed by atoms with Gasteiger partial charge in [0, 0.05) is 30.8 Å². The fourth-order valence-electron chi connectivity index (χ4n) is 3.67. The van der Waals surface area contributed by atoms with E-state index >= 15 is 0 Å². The van der Waals surface area contributed by atoms with Gasteiger partial charge in [-0.1, -0.05) is 19.9 Å². The van der Waals surface area contributed by atoms with Gasteiger partial charge in [0.2, 0.25) is 5.91 Å². The van der Waals surface area contributed by atoms with Gasteiger partial charge in [0.25, 0.3) is 0 Å². The van der Waals surface area contributed by atoms with Crippen LogP contribution in [0.25, 0.3) is 5.65 Å². The van der Waals surface area contributed by atoms with Crippen molar-refractivity contribution in [3.05, 3.63) is 42.2 Å². The summed E-state index contributed by atoms with van der Waals surface area (Å²) in [4.78, 5) is 15.0. The van der Waals surface area contributed by atoms with Crippen LogP contribution in [0.5, 0.6) is 5.75 Å². The number of piperidine rings is 1. The molecule has 3 aromatic rings. The number of anilines is 2. The Balaban J connectivity index is 1.49. The molecule has 4 rings (SSSR count). The maximum Gasteiger partial charge on any atom is 0.229 e. The second-order valence-corrected chi connectivity index (χ2v) is 7.68. The van der Waals surface area contributed by atoms with Gasteiger partial charge in [-0.25, -0.2) is 0 Å². The third-order valence-corrected chi connectivity index (χ3v) is 5.24. The molecule has 29 heavy (non-hydrogen) atoms. The van der Waals surface area contributed by atoms with E-state index in [9.17, 15) is 4.79 Å². The number of benzene rings is 1. The van der Waals surface area contributed by atoms with Crippen LogP contribution in [-0.4, -0.2) is 45.9 Å².